The summed E-state index contributed by atoms with van der Waals surface area (Å²) in [5.74, 6) is -1.72. The number of hydrogen-bond donors (Lipinski definition) is 2. The number of rotatable bonds is 3. The number of nitrogens with zero attached hydrogens (tertiary/aromatic N) is 2. The van der Waals surface area contributed by atoms with Crippen LogP contribution in [0.1, 0.15) is 22.3 Å². The quantitative estimate of drug-likeness (QED) is 0.828. The summed E-state index contributed by atoms with van der Waals surface area (Å²) >= 11 is 0. The number of carbonyl (C=O) groups excluding carboxylic acids is 3. The number of hydrogen-bond acceptors (Lipinski definition) is 4. The Labute approximate surface area is 125 Å². The third-order valence-corrected chi connectivity index (χ3v) is 3.66. The van der Waals surface area contributed by atoms with Crippen molar-refractivity contribution in [3.8, 4) is 0 Å². The zero-order valence-electron chi connectivity index (χ0n) is 11.5. The second-order valence-electron chi connectivity index (χ2n) is 5.15. The first-order valence-corrected chi connectivity index (χ1v) is 6.71. The molecule has 2 aliphatic rings. The molecule has 0 unspecified atom stereocenters. The zero-order valence-corrected chi connectivity index (χ0v) is 11.5. The second-order valence-corrected chi connectivity index (χ2v) is 5.15. The highest BCUT2D eigenvalue weighted by molar-refractivity contribution is 6.06. The van der Waals surface area contributed by atoms with Crippen LogP contribution in [0.15, 0.2) is 18.2 Å². The fourth-order valence-corrected chi connectivity index (χ4v) is 2.64. The molecule has 1 fully saturated rings. The van der Waals surface area contributed by atoms with E-state index >= 15 is 0 Å². The average Bonchev–Trinajstić information content (AvgIpc) is 2.74. The molecule has 0 aliphatic carbocycles. The summed E-state index contributed by atoms with van der Waals surface area (Å²) < 4.78 is 0. The molecule has 3 rings (SSSR count). The molecule has 22 heavy (non-hydrogen) atoms. The Bertz CT molecular complexity index is 700. The van der Waals surface area contributed by atoms with Crippen molar-refractivity contribution in [3.05, 3.63) is 29.3 Å². The van der Waals surface area contributed by atoms with E-state index in [0.717, 1.165) is 0 Å². The van der Waals surface area contributed by atoms with Gasteiger partial charge in [0.15, 0.2) is 0 Å². The van der Waals surface area contributed by atoms with Crippen molar-refractivity contribution < 1.29 is 24.3 Å². The molecule has 2 N–H and O–H groups in total. The molecule has 2 aliphatic heterocycles. The van der Waals surface area contributed by atoms with E-state index in [1.54, 1.807) is 18.2 Å². The second kappa shape index (κ2) is 5.14. The monoisotopic (exact) mass is 303 g/mol. The minimum Gasteiger partial charge on any atom is -0.480 e. The Balaban J connectivity index is 1.85. The van der Waals surface area contributed by atoms with Gasteiger partial charge < -0.3 is 10.0 Å². The van der Waals surface area contributed by atoms with Gasteiger partial charge >= 0.3 is 12.0 Å². The molecule has 8 nitrogen and oxygen atoms in total. The van der Waals surface area contributed by atoms with Crippen LogP contribution in [0.4, 0.5) is 10.5 Å². The van der Waals surface area contributed by atoms with Crippen LogP contribution in [0.2, 0.25) is 0 Å². The fraction of sp³-hybridized carbons (Fsp3) is 0.286. The van der Waals surface area contributed by atoms with E-state index in [-0.39, 0.29) is 37.9 Å². The smallest absolute Gasteiger partial charge is 0.328 e. The number of carboxylic acid groups (broad SMARTS) is 1. The van der Waals surface area contributed by atoms with E-state index in [4.69, 9.17) is 5.11 Å². The number of carbonyl (C=O) groups is 4. The van der Waals surface area contributed by atoms with Crippen LogP contribution in [-0.2, 0) is 16.1 Å². The van der Waals surface area contributed by atoms with E-state index < -0.39 is 12.0 Å². The van der Waals surface area contributed by atoms with Crippen LogP contribution < -0.4 is 10.2 Å². The molecule has 1 saturated heterocycles. The van der Waals surface area contributed by atoms with E-state index in [0.29, 0.717) is 16.8 Å². The maximum atomic E-state index is 12.1. The summed E-state index contributed by atoms with van der Waals surface area (Å²) in [6.07, 6.45) is 0.215. The number of anilines is 1. The normalized spacial score (nSPS) is 17.5. The lowest BCUT2D eigenvalue weighted by Crippen LogP contribution is -2.49. The Morgan fingerprint density at radius 1 is 1.27 bits per heavy atom. The van der Waals surface area contributed by atoms with Crippen LogP contribution in [0.25, 0.3) is 0 Å². The predicted molar refractivity (Wildman–Crippen MR) is 74.3 cm³/mol. The zero-order chi connectivity index (χ0) is 15.9. The van der Waals surface area contributed by atoms with Gasteiger partial charge in [-0.3, -0.25) is 24.6 Å². The molecule has 0 spiro atoms. The first-order chi connectivity index (χ1) is 10.5. The summed E-state index contributed by atoms with van der Waals surface area (Å²) in [6, 6.07) is 4.39. The molecule has 0 aromatic heterocycles. The van der Waals surface area contributed by atoms with E-state index in [1.165, 1.54) is 9.80 Å². The highest BCUT2D eigenvalue weighted by atomic mass is 16.4. The predicted octanol–water partition coefficient (Wildman–Crippen LogP) is 0.173. The molecule has 0 saturated carbocycles. The lowest BCUT2D eigenvalue weighted by Gasteiger charge is -2.26. The van der Waals surface area contributed by atoms with Gasteiger partial charge in [-0.25, -0.2) is 4.79 Å². The highest BCUT2D eigenvalue weighted by Gasteiger charge is 2.31. The van der Waals surface area contributed by atoms with Crippen molar-refractivity contribution in [2.24, 2.45) is 0 Å². The number of carboxylic acids is 1. The van der Waals surface area contributed by atoms with Crippen molar-refractivity contribution >= 4 is 29.5 Å². The molecule has 1 aromatic carbocycles. The number of amides is 4. The topological polar surface area (TPSA) is 107 Å². The molecule has 2 heterocycles. The van der Waals surface area contributed by atoms with Gasteiger partial charge in [-0.05, 0) is 23.8 Å². The summed E-state index contributed by atoms with van der Waals surface area (Å²) in [4.78, 5) is 48.4. The van der Waals surface area contributed by atoms with Crippen LogP contribution in [0, 0.1) is 0 Å². The summed E-state index contributed by atoms with van der Waals surface area (Å²) in [7, 11) is 0. The number of fused-ring (bicyclic) bond motifs is 1. The highest BCUT2D eigenvalue weighted by Crippen LogP contribution is 2.28. The molecular weight excluding hydrogens is 290 g/mol. The molecule has 4 amide bonds. The van der Waals surface area contributed by atoms with Crippen molar-refractivity contribution in [1.29, 1.82) is 0 Å². The van der Waals surface area contributed by atoms with Crippen LogP contribution in [0.3, 0.4) is 0 Å². The number of benzene rings is 1. The van der Waals surface area contributed by atoms with Gasteiger partial charge in [0.25, 0.3) is 5.91 Å². The van der Waals surface area contributed by atoms with E-state index in [1.807, 2.05) is 0 Å². The van der Waals surface area contributed by atoms with Gasteiger partial charge in [0.1, 0.15) is 6.54 Å². The first-order valence-electron chi connectivity index (χ1n) is 6.71. The largest absolute Gasteiger partial charge is 0.480 e. The standard InChI is InChI=1S/C14H13N3O5/c18-11-3-4-17(14(22)15-11)9-1-2-10-8(5-9)6-16(13(10)21)7-12(19)20/h1-2,5H,3-4,6-7H2,(H,19,20)(H,15,18,22). The van der Waals surface area contributed by atoms with Crippen molar-refractivity contribution in [2.75, 3.05) is 18.0 Å². The maximum Gasteiger partial charge on any atom is 0.328 e. The van der Waals surface area contributed by atoms with Gasteiger partial charge in [0.2, 0.25) is 5.91 Å². The Kier molecular flexibility index (Phi) is 3.28. The molecule has 8 heteroatoms. The Hall–Kier alpha value is -2.90. The van der Waals surface area contributed by atoms with Gasteiger partial charge in [-0.15, -0.1) is 0 Å². The van der Waals surface area contributed by atoms with Crippen molar-refractivity contribution in [3.63, 3.8) is 0 Å². The number of urea groups is 1. The number of imide groups is 1. The van der Waals surface area contributed by atoms with E-state index in [9.17, 15) is 19.2 Å². The van der Waals surface area contributed by atoms with Crippen LogP contribution in [0.5, 0.6) is 0 Å². The average molecular weight is 303 g/mol. The molecule has 0 bridgehead atoms. The fourth-order valence-electron chi connectivity index (χ4n) is 2.64. The van der Waals surface area contributed by atoms with Crippen LogP contribution >= 0.6 is 0 Å². The van der Waals surface area contributed by atoms with Gasteiger partial charge in [-0.1, -0.05) is 0 Å². The van der Waals surface area contributed by atoms with Gasteiger partial charge in [0.05, 0.1) is 0 Å². The third kappa shape index (κ3) is 2.39. The third-order valence-electron chi connectivity index (χ3n) is 3.66. The number of aliphatic carboxylic acids is 1. The van der Waals surface area contributed by atoms with Gasteiger partial charge in [0, 0.05) is 30.8 Å². The molecule has 0 atom stereocenters. The van der Waals surface area contributed by atoms with E-state index in [2.05, 4.69) is 5.32 Å². The summed E-state index contributed by atoms with van der Waals surface area (Å²) in [6.45, 7) is 0.112. The maximum absolute atomic E-state index is 12.1. The Morgan fingerprint density at radius 2 is 2.05 bits per heavy atom. The minimum absolute atomic E-state index is 0.197. The summed E-state index contributed by atoms with van der Waals surface area (Å²) in [5, 5.41) is 11.0. The first kappa shape index (κ1) is 14.1. The summed E-state index contributed by atoms with van der Waals surface area (Å²) in [5.41, 5.74) is 1.70. The minimum atomic E-state index is -1.07. The number of nitrogens with one attached hydrogen (secondary N) is 1. The Morgan fingerprint density at radius 3 is 2.73 bits per heavy atom. The molecule has 0 radical (unpaired) electrons. The SMILES string of the molecule is O=C(O)CN1Cc2cc(N3CCC(=O)NC3=O)ccc2C1=O. The lowest BCUT2D eigenvalue weighted by atomic mass is 10.1. The van der Waals surface area contributed by atoms with Crippen LogP contribution in [-0.4, -0.2) is 46.9 Å². The van der Waals surface area contributed by atoms with Crippen molar-refractivity contribution in [1.82, 2.24) is 10.2 Å². The van der Waals surface area contributed by atoms with Gasteiger partial charge in [-0.2, -0.15) is 0 Å². The molecule has 1 aromatic rings. The molecular formula is C14H13N3O5. The van der Waals surface area contributed by atoms with Crippen molar-refractivity contribution in [2.45, 2.75) is 13.0 Å². The molecule has 114 valence electrons. The lowest BCUT2D eigenvalue weighted by molar-refractivity contribution is -0.137.